The quantitative estimate of drug-likeness (QED) is 0.865. The Kier molecular flexibility index (Phi) is 5.58. The highest BCUT2D eigenvalue weighted by atomic mass is 16.5. The molecule has 2 saturated heterocycles. The van der Waals surface area contributed by atoms with Gasteiger partial charge in [-0.2, -0.15) is 0 Å². The van der Waals surface area contributed by atoms with Gasteiger partial charge in [-0.15, -0.1) is 0 Å². The number of urea groups is 1. The fourth-order valence-electron chi connectivity index (χ4n) is 4.04. The average molecular weight is 309 g/mol. The predicted octanol–water partition coefficient (Wildman–Crippen LogP) is 2.07. The van der Waals surface area contributed by atoms with Gasteiger partial charge in [-0.1, -0.05) is 12.8 Å². The minimum atomic E-state index is 0.174. The molecular weight excluding hydrogens is 278 g/mol. The molecule has 0 aromatic heterocycles. The number of carbonyl (C=O) groups excluding carboxylic acids is 1. The predicted molar refractivity (Wildman–Crippen MR) is 86.9 cm³/mol. The van der Waals surface area contributed by atoms with Crippen LogP contribution in [-0.4, -0.2) is 67.8 Å². The SMILES string of the molecule is CN1CCC(N(CC2CCOC2)C(=O)NC2CCCC2)CC1. The zero-order valence-electron chi connectivity index (χ0n) is 13.9. The van der Waals surface area contributed by atoms with Gasteiger partial charge in [-0.05, 0) is 52.2 Å². The number of nitrogens with zero attached hydrogens (tertiary/aromatic N) is 2. The van der Waals surface area contributed by atoms with Gasteiger partial charge in [-0.3, -0.25) is 0 Å². The van der Waals surface area contributed by atoms with Crippen molar-refractivity contribution in [2.45, 2.75) is 57.0 Å². The normalized spacial score (nSPS) is 28.1. The van der Waals surface area contributed by atoms with Crippen molar-refractivity contribution < 1.29 is 9.53 Å². The van der Waals surface area contributed by atoms with Crippen LogP contribution in [0.2, 0.25) is 0 Å². The van der Waals surface area contributed by atoms with E-state index in [1.807, 2.05) is 0 Å². The number of hydrogen-bond donors (Lipinski definition) is 1. The lowest BCUT2D eigenvalue weighted by molar-refractivity contribution is 0.112. The van der Waals surface area contributed by atoms with Crippen molar-refractivity contribution in [3.8, 4) is 0 Å². The summed E-state index contributed by atoms with van der Waals surface area (Å²) in [6.45, 7) is 4.74. The average Bonchev–Trinajstić information content (AvgIpc) is 3.19. The Morgan fingerprint density at radius 2 is 1.91 bits per heavy atom. The Bertz CT molecular complexity index is 357. The second kappa shape index (κ2) is 7.64. The molecule has 1 atom stereocenters. The van der Waals surface area contributed by atoms with Crippen LogP contribution in [0.5, 0.6) is 0 Å². The summed E-state index contributed by atoms with van der Waals surface area (Å²) in [6, 6.07) is 0.979. The number of hydrogen-bond acceptors (Lipinski definition) is 3. The summed E-state index contributed by atoms with van der Waals surface area (Å²) in [7, 11) is 2.17. The smallest absolute Gasteiger partial charge is 0.317 e. The first-order chi connectivity index (χ1) is 10.7. The van der Waals surface area contributed by atoms with Crippen LogP contribution in [0.25, 0.3) is 0 Å². The van der Waals surface area contributed by atoms with Gasteiger partial charge in [0.15, 0.2) is 0 Å². The molecule has 5 nitrogen and oxygen atoms in total. The second-order valence-electron chi connectivity index (χ2n) is 7.35. The Morgan fingerprint density at radius 1 is 1.18 bits per heavy atom. The van der Waals surface area contributed by atoms with E-state index in [-0.39, 0.29) is 6.03 Å². The van der Waals surface area contributed by atoms with Crippen molar-refractivity contribution in [1.82, 2.24) is 15.1 Å². The number of likely N-dealkylation sites (tertiary alicyclic amines) is 1. The molecule has 1 saturated carbocycles. The Morgan fingerprint density at radius 3 is 2.55 bits per heavy atom. The van der Waals surface area contributed by atoms with Crippen LogP contribution in [0.3, 0.4) is 0 Å². The van der Waals surface area contributed by atoms with Crippen molar-refractivity contribution in [3.05, 3.63) is 0 Å². The van der Waals surface area contributed by atoms with Gasteiger partial charge >= 0.3 is 6.03 Å². The van der Waals surface area contributed by atoms with Gasteiger partial charge in [0, 0.05) is 31.2 Å². The summed E-state index contributed by atoms with van der Waals surface area (Å²) in [6.07, 6.45) is 8.12. The molecule has 0 aromatic carbocycles. The molecule has 126 valence electrons. The number of nitrogens with one attached hydrogen (secondary N) is 1. The van der Waals surface area contributed by atoms with E-state index in [0.29, 0.717) is 18.0 Å². The summed E-state index contributed by atoms with van der Waals surface area (Å²) in [5, 5.41) is 3.29. The number of ether oxygens (including phenoxy) is 1. The molecular formula is C17H31N3O2. The molecule has 1 aliphatic carbocycles. The topological polar surface area (TPSA) is 44.8 Å². The molecule has 1 N–H and O–H groups in total. The van der Waals surface area contributed by atoms with Crippen molar-refractivity contribution in [2.24, 2.45) is 5.92 Å². The van der Waals surface area contributed by atoms with Crippen LogP contribution in [-0.2, 0) is 4.74 Å². The van der Waals surface area contributed by atoms with Gasteiger partial charge in [-0.25, -0.2) is 4.79 Å². The van der Waals surface area contributed by atoms with Crippen molar-refractivity contribution in [3.63, 3.8) is 0 Å². The molecule has 1 unspecified atom stereocenters. The lowest BCUT2D eigenvalue weighted by Gasteiger charge is -2.38. The largest absolute Gasteiger partial charge is 0.381 e. The monoisotopic (exact) mass is 309 g/mol. The van der Waals surface area contributed by atoms with E-state index in [2.05, 4.69) is 22.2 Å². The van der Waals surface area contributed by atoms with Crippen LogP contribution >= 0.6 is 0 Å². The minimum Gasteiger partial charge on any atom is -0.381 e. The maximum atomic E-state index is 12.8. The van der Waals surface area contributed by atoms with E-state index >= 15 is 0 Å². The zero-order valence-corrected chi connectivity index (χ0v) is 13.9. The lowest BCUT2D eigenvalue weighted by Crippen LogP contribution is -2.53. The molecule has 3 rings (SSSR count). The summed E-state index contributed by atoms with van der Waals surface area (Å²) >= 11 is 0. The van der Waals surface area contributed by atoms with Crippen LogP contribution in [0.4, 0.5) is 4.79 Å². The Balaban J connectivity index is 1.60. The fraction of sp³-hybridized carbons (Fsp3) is 0.941. The van der Waals surface area contributed by atoms with Crippen molar-refractivity contribution in [1.29, 1.82) is 0 Å². The van der Waals surface area contributed by atoms with E-state index in [4.69, 9.17) is 4.74 Å². The number of piperidine rings is 1. The maximum Gasteiger partial charge on any atom is 0.317 e. The molecule has 0 radical (unpaired) electrons. The highest BCUT2D eigenvalue weighted by Crippen LogP contribution is 2.23. The molecule has 2 aliphatic heterocycles. The molecule has 2 heterocycles. The van der Waals surface area contributed by atoms with Crippen molar-refractivity contribution in [2.75, 3.05) is 39.9 Å². The van der Waals surface area contributed by atoms with Gasteiger partial charge in [0.25, 0.3) is 0 Å². The van der Waals surface area contributed by atoms with E-state index in [9.17, 15) is 4.79 Å². The van der Waals surface area contributed by atoms with Crippen LogP contribution < -0.4 is 5.32 Å². The van der Waals surface area contributed by atoms with Gasteiger partial charge in [0.05, 0.1) is 6.61 Å². The van der Waals surface area contributed by atoms with Crippen LogP contribution in [0.15, 0.2) is 0 Å². The van der Waals surface area contributed by atoms with Gasteiger partial charge in [0.1, 0.15) is 0 Å². The second-order valence-corrected chi connectivity index (χ2v) is 7.35. The first-order valence-corrected chi connectivity index (χ1v) is 9.06. The third kappa shape index (κ3) is 4.13. The lowest BCUT2D eigenvalue weighted by atomic mass is 10.0. The van der Waals surface area contributed by atoms with E-state index < -0.39 is 0 Å². The van der Waals surface area contributed by atoms with E-state index in [1.165, 1.54) is 12.8 Å². The first kappa shape index (κ1) is 16.1. The van der Waals surface area contributed by atoms with Crippen LogP contribution in [0.1, 0.15) is 44.9 Å². The summed E-state index contributed by atoms with van der Waals surface area (Å²) < 4.78 is 5.51. The Labute approximate surface area is 134 Å². The van der Waals surface area contributed by atoms with Gasteiger partial charge < -0.3 is 19.9 Å². The number of rotatable bonds is 4. The third-order valence-electron chi connectivity index (χ3n) is 5.55. The number of carbonyl (C=O) groups is 1. The summed E-state index contributed by atoms with van der Waals surface area (Å²) in [5.41, 5.74) is 0. The highest BCUT2D eigenvalue weighted by molar-refractivity contribution is 5.75. The summed E-state index contributed by atoms with van der Waals surface area (Å²) in [5.74, 6) is 0.522. The summed E-state index contributed by atoms with van der Waals surface area (Å²) in [4.78, 5) is 17.3. The molecule has 2 amide bonds. The zero-order chi connectivity index (χ0) is 15.4. The minimum absolute atomic E-state index is 0.174. The highest BCUT2D eigenvalue weighted by Gasteiger charge is 2.31. The molecule has 0 aromatic rings. The Hall–Kier alpha value is -0.810. The molecule has 0 bridgehead atoms. The van der Waals surface area contributed by atoms with E-state index in [0.717, 1.165) is 65.0 Å². The van der Waals surface area contributed by atoms with Crippen LogP contribution in [0, 0.1) is 5.92 Å². The first-order valence-electron chi connectivity index (χ1n) is 9.06. The third-order valence-corrected chi connectivity index (χ3v) is 5.55. The van der Waals surface area contributed by atoms with Gasteiger partial charge in [0.2, 0.25) is 0 Å². The molecule has 5 heteroatoms. The number of amides is 2. The van der Waals surface area contributed by atoms with E-state index in [1.54, 1.807) is 0 Å². The molecule has 3 aliphatic rings. The molecule has 0 spiro atoms. The van der Waals surface area contributed by atoms with Crippen molar-refractivity contribution >= 4 is 6.03 Å². The maximum absolute atomic E-state index is 12.8. The fourth-order valence-corrected chi connectivity index (χ4v) is 4.04. The molecule has 3 fully saturated rings. The standard InChI is InChI=1S/C17H31N3O2/c1-19-9-6-16(7-10-19)20(12-14-8-11-22-13-14)17(21)18-15-4-2-3-5-15/h14-16H,2-13H2,1H3,(H,18,21). The molecule has 22 heavy (non-hydrogen) atoms.